The van der Waals surface area contributed by atoms with E-state index in [1.54, 1.807) is 11.0 Å². The molecule has 5 heteroatoms. The molecule has 17 heavy (non-hydrogen) atoms. The van der Waals surface area contributed by atoms with Crippen LogP contribution in [-0.4, -0.2) is 29.9 Å². The van der Waals surface area contributed by atoms with E-state index in [-0.39, 0.29) is 11.9 Å². The molecule has 1 aliphatic rings. The van der Waals surface area contributed by atoms with E-state index in [1.165, 1.54) is 12.1 Å². The molecule has 1 atom stereocenters. The van der Waals surface area contributed by atoms with E-state index in [0.29, 0.717) is 23.1 Å². The van der Waals surface area contributed by atoms with Gasteiger partial charge in [-0.2, -0.15) is 0 Å². The zero-order valence-electron chi connectivity index (χ0n) is 9.33. The van der Waals surface area contributed by atoms with Gasteiger partial charge < -0.3 is 10.6 Å². The molecule has 3 nitrogen and oxygen atoms in total. The second-order valence-electron chi connectivity index (χ2n) is 4.28. The summed E-state index contributed by atoms with van der Waals surface area (Å²) in [6, 6.07) is 4.15. The summed E-state index contributed by atoms with van der Waals surface area (Å²) in [5, 5.41) is 0. The first kappa shape index (κ1) is 12.5. The molecule has 0 saturated carbocycles. The van der Waals surface area contributed by atoms with Crippen LogP contribution in [0.2, 0.25) is 0 Å². The zero-order valence-corrected chi connectivity index (χ0v) is 10.9. The van der Waals surface area contributed by atoms with Crippen LogP contribution in [0.1, 0.15) is 23.2 Å². The summed E-state index contributed by atoms with van der Waals surface area (Å²) in [5.41, 5.74) is 6.19. The second-order valence-corrected chi connectivity index (χ2v) is 5.13. The number of halogens is 2. The van der Waals surface area contributed by atoms with Crippen molar-refractivity contribution in [2.24, 2.45) is 5.73 Å². The maximum absolute atomic E-state index is 13.1. The van der Waals surface area contributed by atoms with Crippen molar-refractivity contribution in [3.63, 3.8) is 0 Å². The Morgan fingerprint density at radius 1 is 1.53 bits per heavy atom. The molecule has 1 fully saturated rings. The molecule has 0 radical (unpaired) electrons. The van der Waals surface area contributed by atoms with Gasteiger partial charge in [0.2, 0.25) is 0 Å². The normalized spacial score (nSPS) is 20.4. The number of rotatable bonds is 1. The van der Waals surface area contributed by atoms with E-state index in [4.69, 9.17) is 5.73 Å². The Bertz CT molecular complexity index is 439. The van der Waals surface area contributed by atoms with Crippen LogP contribution < -0.4 is 5.73 Å². The van der Waals surface area contributed by atoms with Gasteiger partial charge in [-0.1, -0.05) is 0 Å². The van der Waals surface area contributed by atoms with Crippen LogP contribution in [0.3, 0.4) is 0 Å². The summed E-state index contributed by atoms with van der Waals surface area (Å²) in [4.78, 5) is 13.9. The van der Waals surface area contributed by atoms with Crippen molar-refractivity contribution >= 4 is 21.8 Å². The smallest absolute Gasteiger partial charge is 0.255 e. The van der Waals surface area contributed by atoms with Crippen LogP contribution in [0.25, 0.3) is 0 Å². The van der Waals surface area contributed by atoms with Crippen LogP contribution in [0.5, 0.6) is 0 Å². The molecule has 2 rings (SSSR count). The van der Waals surface area contributed by atoms with Gasteiger partial charge in [0.1, 0.15) is 5.82 Å². The number of piperidine rings is 1. The SMILES string of the molecule is NC1CCCN(C(=O)c2cc(F)ccc2Br)C1. The molecule has 1 saturated heterocycles. The lowest BCUT2D eigenvalue weighted by Crippen LogP contribution is -2.45. The first-order chi connectivity index (χ1) is 8.08. The predicted octanol–water partition coefficient (Wildman–Crippen LogP) is 2.15. The third-order valence-corrected chi connectivity index (χ3v) is 3.60. The Morgan fingerprint density at radius 2 is 2.29 bits per heavy atom. The average molecular weight is 301 g/mol. The highest BCUT2D eigenvalue weighted by Crippen LogP contribution is 2.21. The Balaban J connectivity index is 2.21. The third kappa shape index (κ3) is 2.84. The summed E-state index contributed by atoms with van der Waals surface area (Å²) >= 11 is 3.27. The largest absolute Gasteiger partial charge is 0.337 e. The van der Waals surface area contributed by atoms with Crippen LogP contribution in [-0.2, 0) is 0 Å². The number of carbonyl (C=O) groups excluding carboxylic acids is 1. The highest BCUT2D eigenvalue weighted by atomic mass is 79.9. The van der Waals surface area contributed by atoms with Gasteiger partial charge in [0.15, 0.2) is 0 Å². The minimum Gasteiger partial charge on any atom is -0.337 e. The molecule has 0 spiro atoms. The number of amides is 1. The number of nitrogens with zero attached hydrogens (tertiary/aromatic N) is 1. The Morgan fingerprint density at radius 3 is 3.00 bits per heavy atom. The summed E-state index contributed by atoms with van der Waals surface area (Å²) in [7, 11) is 0. The summed E-state index contributed by atoms with van der Waals surface area (Å²) in [6.45, 7) is 1.23. The van der Waals surface area contributed by atoms with Crippen LogP contribution in [0, 0.1) is 5.82 Å². The average Bonchev–Trinajstić information content (AvgIpc) is 2.31. The maximum atomic E-state index is 13.1. The van der Waals surface area contributed by atoms with E-state index >= 15 is 0 Å². The van der Waals surface area contributed by atoms with Gasteiger partial charge in [0.05, 0.1) is 5.56 Å². The van der Waals surface area contributed by atoms with Crippen molar-refractivity contribution in [3.8, 4) is 0 Å². The van der Waals surface area contributed by atoms with Crippen molar-refractivity contribution < 1.29 is 9.18 Å². The van der Waals surface area contributed by atoms with Crippen molar-refractivity contribution in [2.45, 2.75) is 18.9 Å². The van der Waals surface area contributed by atoms with Crippen LogP contribution >= 0.6 is 15.9 Å². The van der Waals surface area contributed by atoms with Crippen LogP contribution in [0.15, 0.2) is 22.7 Å². The molecule has 1 amide bonds. The molecule has 1 aromatic carbocycles. The monoisotopic (exact) mass is 300 g/mol. The molecule has 1 unspecified atom stereocenters. The quantitative estimate of drug-likeness (QED) is 0.864. The Labute approximate surface area is 108 Å². The van der Waals surface area contributed by atoms with Crippen molar-refractivity contribution in [1.29, 1.82) is 0 Å². The maximum Gasteiger partial charge on any atom is 0.255 e. The number of hydrogen-bond donors (Lipinski definition) is 1. The highest BCUT2D eigenvalue weighted by Gasteiger charge is 2.23. The molecule has 0 aliphatic carbocycles. The van der Waals surface area contributed by atoms with Crippen LogP contribution in [0.4, 0.5) is 4.39 Å². The number of hydrogen-bond acceptors (Lipinski definition) is 2. The number of nitrogens with two attached hydrogens (primary N) is 1. The standard InChI is InChI=1S/C12H14BrFN2O/c13-11-4-3-8(14)6-10(11)12(17)16-5-1-2-9(15)7-16/h3-4,6,9H,1-2,5,7,15H2. The predicted molar refractivity (Wildman–Crippen MR) is 67.2 cm³/mol. The summed E-state index contributed by atoms with van der Waals surface area (Å²) in [5.74, 6) is -0.565. The topological polar surface area (TPSA) is 46.3 Å². The first-order valence-corrected chi connectivity index (χ1v) is 6.37. The number of likely N-dealkylation sites (tertiary alicyclic amines) is 1. The minimum absolute atomic E-state index is 0.0278. The molecule has 0 aromatic heterocycles. The lowest BCUT2D eigenvalue weighted by atomic mass is 10.1. The van der Waals surface area contributed by atoms with E-state index in [0.717, 1.165) is 12.8 Å². The first-order valence-electron chi connectivity index (χ1n) is 5.58. The zero-order chi connectivity index (χ0) is 12.4. The molecule has 1 aromatic rings. The molecule has 1 heterocycles. The lowest BCUT2D eigenvalue weighted by molar-refractivity contribution is 0.0707. The van der Waals surface area contributed by atoms with Gasteiger partial charge in [0, 0.05) is 23.6 Å². The third-order valence-electron chi connectivity index (χ3n) is 2.90. The lowest BCUT2D eigenvalue weighted by Gasteiger charge is -2.31. The highest BCUT2D eigenvalue weighted by molar-refractivity contribution is 9.10. The van der Waals surface area contributed by atoms with E-state index < -0.39 is 5.82 Å². The van der Waals surface area contributed by atoms with Crippen molar-refractivity contribution in [2.75, 3.05) is 13.1 Å². The Hall–Kier alpha value is -0.940. The molecular formula is C12H14BrFN2O. The summed E-state index contributed by atoms with van der Waals surface area (Å²) < 4.78 is 13.7. The molecule has 1 aliphatic heterocycles. The fraction of sp³-hybridized carbons (Fsp3) is 0.417. The van der Waals surface area contributed by atoms with E-state index in [1.807, 2.05) is 0 Å². The number of carbonyl (C=O) groups is 1. The molecule has 92 valence electrons. The van der Waals surface area contributed by atoms with Gasteiger partial charge in [-0.25, -0.2) is 4.39 Å². The fourth-order valence-electron chi connectivity index (χ4n) is 2.03. The molecule has 2 N–H and O–H groups in total. The summed E-state index contributed by atoms with van der Waals surface area (Å²) in [6.07, 6.45) is 1.84. The van der Waals surface area contributed by atoms with Gasteiger partial charge in [-0.15, -0.1) is 0 Å². The van der Waals surface area contributed by atoms with Crippen molar-refractivity contribution in [3.05, 3.63) is 34.1 Å². The Kier molecular flexibility index (Phi) is 3.79. The molecular weight excluding hydrogens is 287 g/mol. The minimum atomic E-state index is -0.405. The van der Waals surface area contributed by atoms with Gasteiger partial charge in [-0.3, -0.25) is 4.79 Å². The van der Waals surface area contributed by atoms with Gasteiger partial charge >= 0.3 is 0 Å². The van der Waals surface area contributed by atoms with E-state index in [9.17, 15) is 9.18 Å². The fourth-order valence-corrected chi connectivity index (χ4v) is 2.44. The van der Waals surface area contributed by atoms with Crippen molar-refractivity contribution in [1.82, 2.24) is 4.90 Å². The molecule has 0 bridgehead atoms. The second kappa shape index (κ2) is 5.14. The van der Waals surface area contributed by atoms with E-state index in [2.05, 4.69) is 15.9 Å². The number of benzene rings is 1. The van der Waals surface area contributed by atoms with Gasteiger partial charge in [-0.05, 0) is 47.0 Å². The van der Waals surface area contributed by atoms with Gasteiger partial charge in [0.25, 0.3) is 5.91 Å².